The van der Waals surface area contributed by atoms with Crippen LogP contribution in [0.3, 0.4) is 0 Å². The molecule has 2 N–H and O–H groups in total. The first-order valence-corrected chi connectivity index (χ1v) is 4.97. The van der Waals surface area contributed by atoms with Gasteiger partial charge in [-0.25, -0.2) is 0 Å². The van der Waals surface area contributed by atoms with Gasteiger partial charge in [-0.1, -0.05) is 0 Å². The molecule has 1 aromatic rings. The zero-order valence-corrected chi connectivity index (χ0v) is 7.56. The predicted octanol–water partition coefficient (Wildman–Crippen LogP) is 0.906. The van der Waals surface area contributed by atoms with Gasteiger partial charge in [-0.2, -0.15) is 9.90 Å². The summed E-state index contributed by atoms with van der Waals surface area (Å²) >= 11 is 0. The summed E-state index contributed by atoms with van der Waals surface area (Å²) in [7, 11) is 0. The van der Waals surface area contributed by atoms with Crippen LogP contribution in [-0.4, -0.2) is 15.0 Å². The van der Waals surface area contributed by atoms with Gasteiger partial charge < -0.3 is 5.73 Å². The number of fused-ring (bicyclic) bond motifs is 1. The van der Waals surface area contributed by atoms with Crippen molar-refractivity contribution in [3.05, 3.63) is 6.20 Å². The van der Waals surface area contributed by atoms with Crippen molar-refractivity contribution in [2.75, 3.05) is 5.73 Å². The van der Waals surface area contributed by atoms with Crippen LogP contribution in [0.25, 0.3) is 0 Å². The van der Waals surface area contributed by atoms with Gasteiger partial charge in [0, 0.05) is 0 Å². The van der Waals surface area contributed by atoms with E-state index in [-0.39, 0.29) is 0 Å². The lowest BCUT2D eigenvalue weighted by molar-refractivity contribution is 0.368. The Bertz CT molecular complexity index is 309. The molecule has 0 amide bonds. The lowest BCUT2D eigenvalue weighted by Gasteiger charge is -2.09. The van der Waals surface area contributed by atoms with E-state index in [0.717, 1.165) is 24.3 Å². The van der Waals surface area contributed by atoms with Gasteiger partial charge in [0.2, 0.25) is 0 Å². The van der Waals surface area contributed by atoms with E-state index in [1.165, 1.54) is 19.3 Å². The van der Waals surface area contributed by atoms with E-state index in [1.807, 2.05) is 0 Å². The van der Waals surface area contributed by atoms with Crippen molar-refractivity contribution >= 4 is 5.82 Å². The summed E-state index contributed by atoms with van der Waals surface area (Å²) in [5.41, 5.74) is 5.49. The molecule has 2 aliphatic rings. The quantitative estimate of drug-likeness (QED) is 0.732. The van der Waals surface area contributed by atoms with E-state index in [2.05, 4.69) is 10.2 Å². The Kier molecular flexibility index (Phi) is 1.39. The number of nitrogen functional groups attached to an aromatic ring is 1. The Morgan fingerprint density at radius 3 is 2.77 bits per heavy atom. The molecule has 3 rings (SSSR count). The average molecular weight is 178 g/mol. The van der Waals surface area contributed by atoms with Crippen molar-refractivity contribution in [3.63, 3.8) is 0 Å². The Hall–Kier alpha value is -1.06. The first-order chi connectivity index (χ1) is 6.31. The summed E-state index contributed by atoms with van der Waals surface area (Å²) in [4.78, 5) is 1.74. The Morgan fingerprint density at radius 2 is 2.15 bits per heavy atom. The highest BCUT2D eigenvalue weighted by molar-refractivity contribution is 5.19. The molecule has 0 saturated heterocycles. The number of hydrogen-bond donors (Lipinski definition) is 1. The first-order valence-electron chi connectivity index (χ1n) is 4.97. The van der Waals surface area contributed by atoms with Crippen LogP contribution in [0.5, 0.6) is 0 Å². The maximum absolute atomic E-state index is 5.49. The number of hydrogen-bond acceptors (Lipinski definition) is 3. The normalized spacial score (nSPS) is 36.2. The van der Waals surface area contributed by atoms with E-state index in [0.29, 0.717) is 5.82 Å². The van der Waals surface area contributed by atoms with Gasteiger partial charge in [0.05, 0.1) is 12.7 Å². The van der Waals surface area contributed by atoms with Gasteiger partial charge in [-0.3, -0.25) is 0 Å². The molecule has 70 valence electrons. The monoisotopic (exact) mass is 178 g/mol. The highest BCUT2D eigenvalue weighted by Gasteiger charge is 2.45. The largest absolute Gasteiger partial charge is 0.381 e. The van der Waals surface area contributed by atoms with Crippen molar-refractivity contribution in [1.29, 1.82) is 0 Å². The fraction of sp³-hybridized carbons (Fsp3) is 0.778. The van der Waals surface area contributed by atoms with Crippen LogP contribution in [0.1, 0.15) is 19.3 Å². The molecule has 2 fully saturated rings. The molecule has 2 unspecified atom stereocenters. The Morgan fingerprint density at radius 1 is 1.38 bits per heavy atom. The summed E-state index contributed by atoms with van der Waals surface area (Å²) in [6.45, 7) is 0.962. The number of rotatable bonds is 2. The van der Waals surface area contributed by atoms with E-state index in [4.69, 9.17) is 5.73 Å². The van der Waals surface area contributed by atoms with Crippen LogP contribution in [-0.2, 0) is 6.54 Å². The third kappa shape index (κ3) is 1.30. The standard InChI is InChI=1S/C9H14N4/c10-9-4-11-13(12-9)5-6-1-7-3-8(7)2-6/h4,6-8H,1-3,5H2,(H2,10,12). The van der Waals surface area contributed by atoms with E-state index in [1.54, 1.807) is 11.0 Å². The summed E-state index contributed by atoms with van der Waals surface area (Å²) in [5, 5.41) is 8.20. The minimum absolute atomic E-state index is 0.531. The predicted molar refractivity (Wildman–Crippen MR) is 48.8 cm³/mol. The average Bonchev–Trinajstić information content (AvgIpc) is 2.55. The van der Waals surface area contributed by atoms with Crippen LogP contribution < -0.4 is 5.73 Å². The molecule has 4 nitrogen and oxygen atoms in total. The second kappa shape index (κ2) is 2.47. The van der Waals surface area contributed by atoms with Crippen LogP contribution >= 0.6 is 0 Å². The summed E-state index contributed by atoms with van der Waals surface area (Å²) in [5.74, 6) is 3.41. The molecule has 0 spiro atoms. The smallest absolute Gasteiger partial charge is 0.165 e. The van der Waals surface area contributed by atoms with Crippen LogP contribution in [0.15, 0.2) is 6.20 Å². The molecule has 0 bridgehead atoms. The molecule has 4 heteroatoms. The molecular weight excluding hydrogens is 164 g/mol. The molecule has 0 radical (unpaired) electrons. The van der Waals surface area contributed by atoms with E-state index in [9.17, 15) is 0 Å². The molecule has 1 aromatic heterocycles. The zero-order valence-electron chi connectivity index (χ0n) is 7.56. The van der Waals surface area contributed by atoms with Crippen molar-refractivity contribution in [2.24, 2.45) is 17.8 Å². The second-order valence-electron chi connectivity index (χ2n) is 4.42. The number of nitrogens with zero attached hydrogens (tertiary/aromatic N) is 3. The van der Waals surface area contributed by atoms with Crippen LogP contribution in [0.2, 0.25) is 0 Å². The number of anilines is 1. The van der Waals surface area contributed by atoms with Crippen LogP contribution in [0.4, 0.5) is 5.82 Å². The molecule has 0 aromatic carbocycles. The van der Waals surface area contributed by atoms with Gasteiger partial charge in [-0.15, -0.1) is 5.10 Å². The molecule has 2 aliphatic carbocycles. The van der Waals surface area contributed by atoms with Crippen molar-refractivity contribution in [2.45, 2.75) is 25.8 Å². The maximum atomic E-state index is 5.49. The molecule has 13 heavy (non-hydrogen) atoms. The van der Waals surface area contributed by atoms with Gasteiger partial charge in [0.15, 0.2) is 5.82 Å². The van der Waals surface area contributed by atoms with Crippen molar-refractivity contribution < 1.29 is 0 Å². The fourth-order valence-corrected chi connectivity index (χ4v) is 2.62. The number of aromatic nitrogens is 3. The zero-order chi connectivity index (χ0) is 8.84. The lowest BCUT2D eigenvalue weighted by atomic mass is 10.0. The lowest BCUT2D eigenvalue weighted by Crippen LogP contribution is -2.12. The Balaban J connectivity index is 1.63. The van der Waals surface area contributed by atoms with Crippen molar-refractivity contribution in [1.82, 2.24) is 15.0 Å². The second-order valence-corrected chi connectivity index (χ2v) is 4.42. The third-order valence-electron chi connectivity index (χ3n) is 3.32. The molecular formula is C9H14N4. The SMILES string of the molecule is Nc1cnn(CC2CC3CC3C2)n1. The molecule has 2 atom stereocenters. The summed E-state index contributed by atoms with van der Waals surface area (Å²) in [6, 6.07) is 0. The van der Waals surface area contributed by atoms with E-state index >= 15 is 0 Å². The maximum Gasteiger partial charge on any atom is 0.165 e. The fourth-order valence-electron chi connectivity index (χ4n) is 2.62. The number of nitrogens with two attached hydrogens (primary N) is 1. The van der Waals surface area contributed by atoms with Gasteiger partial charge in [0.25, 0.3) is 0 Å². The first kappa shape index (κ1) is 7.35. The molecule has 2 saturated carbocycles. The van der Waals surface area contributed by atoms with Crippen molar-refractivity contribution in [3.8, 4) is 0 Å². The molecule has 0 aliphatic heterocycles. The van der Waals surface area contributed by atoms with Gasteiger partial charge in [0.1, 0.15) is 0 Å². The van der Waals surface area contributed by atoms with Crippen LogP contribution in [0, 0.1) is 17.8 Å². The van der Waals surface area contributed by atoms with E-state index < -0.39 is 0 Å². The highest BCUT2D eigenvalue weighted by Crippen LogP contribution is 2.54. The van der Waals surface area contributed by atoms with Gasteiger partial charge >= 0.3 is 0 Å². The Labute approximate surface area is 77.1 Å². The summed E-state index contributed by atoms with van der Waals surface area (Å²) in [6.07, 6.45) is 5.86. The molecule has 1 heterocycles. The highest BCUT2D eigenvalue weighted by atomic mass is 15.5. The third-order valence-corrected chi connectivity index (χ3v) is 3.32. The minimum atomic E-state index is 0.531. The topological polar surface area (TPSA) is 56.7 Å². The van der Waals surface area contributed by atoms with Gasteiger partial charge in [-0.05, 0) is 37.0 Å². The summed E-state index contributed by atoms with van der Waals surface area (Å²) < 4.78 is 0. The minimum Gasteiger partial charge on any atom is -0.381 e.